The molecular weight excluding hydrogens is 363 g/mol. The molecule has 0 radical (unpaired) electrons. The van der Waals surface area contributed by atoms with E-state index < -0.39 is 11.5 Å². The fraction of sp³-hybridized carbons (Fsp3) is 0.200. The Bertz CT molecular complexity index is 1060. The maximum absolute atomic E-state index is 12.9. The monoisotopic (exact) mass is 382 g/mol. The molecule has 8 heteroatoms. The third kappa shape index (κ3) is 4.22. The predicted molar refractivity (Wildman–Crippen MR) is 101 cm³/mol. The molecule has 1 aromatic carbocycles. The molecular formula is C20H19FN4O3. The van der Waals surface area contributed by atoms with Gasteiger partial charge in [-0.3, -0.25) is 18.8 Å². The van der Waals surface area contributed by atoms with Gasteiger partial charge in [-0.2, -0.15) is 0 Å². The van der Waals surface area contributed by atoms with Crippen molar-refractivity contribution in [2.24, 2.45) is 0 Å². The number of hydrogen-bond donors (Lipinski definition) is 1. The average Bonchev–Trinajstić information content (AvgIpc) is 2.71. The van der Waals surface area contributed by atoms with E-state index in [0.29, 0.717) is 5.65 Å². The molecule has 0 unspecified atom stereocenters. The van der Waals surface area contributed by atoms with E-state index in [1.807, 2.05) is 0 Å². The number of carbonyl (C=O) groups is 2. The van der Waals surface area contributed by atoms with Gasteiger partial charge in [-0.1, -0.05) is 18.2 Å². The van der Waals surface area contributed by atoms with Gasteiger partial charge >= 0.3 is 0 Å². The van der Waals surface area contributed by atoms with E-state index in [4.69, 9.17) is 0 Å². The third-order valence-electron chi connectivity index (χ3n) is 4.25. The number of pyridine rings is 1. The highest BCUT2D eigenvalue weighted by Crippen LogP contribution is 2.04. The Morgan fingerprint density at radius 1 is 1.18 bits per heavy atom. The molecule has 0 saturated heterocycles. The van der Waals surface area contributed by atoms with E-state index in [2.05, 4.69) is 10.3 Å². The largest absolute Gasteiger partial charge is 0.350 e. The van der Waals surface area contributed by atoms with Crippen LogP contribution in [-0.2, 0) is 11.3 Å². The molecule has 0 saturated carbocycles. The van der Waals surface area contributed by atoms with Crippen molar-refractivity contribution < 1.29 is 14.0 Å². The van der Waals surface area contributed by atoms with Gasteiger partial charge in [-0.25, -0.2) is 9.37 Å². The number of aromatic nitrogens is 2. The maximum Gasteiger partial charge on any atom is 0.270 e. The standard InChI is InChI=1S/C20H19FN4O3/c1-2-24(13-18(26)23-11-14-6-8-15(21)9-7-14)19(27)16-12-22-17-5-3-4-10-25(17)20(16)28/h3-10,12H,2,11,13H2,1H3,(H,23,26). The molecule has 7 nitrogen and oxygen atoms in total. The van der Waals surface area contributed by atoms with Gasteiger partial charge in [0, 0.05) is 25.5 Å². The van der Waals surface area contributed by atoms with Crippen LogP contribution in [0.15, 0.2) is 59.7 Å². The summed E-state index contributed by atoms with van der Waals surface area (Å²) in [6.07, 6.45) is 2.77. The fourth-order valence-electron chi connectivity index (χ4n) is 2.70. The Labute approximate surface area is 160 Å². The molecule has 0 bridgehead atoms. The molecule has 144 valence electrons. The van der Waals surface area contributed by atoms with Crippen molar-refractivity contribution in [2.75, 3.05) is 13.1 Å². The zero-order chi connectivity index (χ0) is 20.1. The van der Waals surface area contributed by atoms with Crippen molar-refractivity contribution in [3.8, 4) is 0 Å². The van der Waals surface area contributed by atoms with Crippen molar-refractivity contribution in [1.82, 2.24) is 19.6 Å². The Morgan fingerprint density at radius 2 is 1.93 bits per heavy atom. The minimum Gasteiger partial charge on any atom is -0.350 e. The number of benzene rings is 1. The Hall–Kier alpha value is -3.55. The second kappa shape index (κ2) is 8.43. The molecule has 0 aliphatic rings. The summed E-state index contributed by atoms with van der Waals surface area (Å²) in [5.41, 5.74) is 0.586. The van der Waals surface area contributed by atoms with Crippen LogP contribution >= 0.6 is 0 Å². The van der Waals surface area contributed by atoms with Gasteiger partial charge in [0.15, 0.2) is 0 Å². The fourth-order valence-corrected chi connectivity index (χ4v) is 2.70. The van der Waals surface area contributed by atoms with Gasteiger partial charge < -0.3 is 10.2 Å². The highest BCUT2D eigenvalue weighted by molar-refractivity contribution is 5.96. The van der Waals surface area contributed by atoms with E-state index in [-0.39, 0.29) is 36.9 Å². The molecule has 2 heterocycles. The van der Waals surface area contributed by atoms with Crippen LogP contribution in [-0.4, -0.2) is 39.2 Å². The van der Waals surface area contributed by atoms with E-state index in [9.17, 15) is 18.8 Å². The van der Waals surface area contributed by atoms with Crippen LogP contribution in [0.5, 0.6) is 0 Å². The summed E-state index contributed by atoms with van der Waals surface area (Å²) in [7, 11) is 0. The van der Waals surface area contributed by atoms with Gasteiger partial charge in [-0.05, 0) is 36.8 Å². The molecule has 3 rings (SSSR count). The second-order valence-corrected chi connectivity index (χ2v) is 6.13. The minimum atomic E-state index is -0.560. The van der Waals surface area contributed by atoms with Gasteiger partial charge in [0.25, 0.3) is 11.5 Å². The number of fused-ring (bicyclic) bond motifs is 1. The van der Waals surface area contributed by atoms with Crippen LogP contribution in [0.2, 0.25) is 0 Å². The number of halogens is 1. The number of hydrogen-bond acceptors (Lipinski definition) is 4. The molecule has 0 atom stereocenters. The number of nitrogens with one attached hydrogen (secondary N) is 1. The molecule has 0 aliphatic heterocycles. The Balaban J connectivity index is 1.69. The molecule has 0 fully saturated rings. The number of carbonyl (C=O) groups excluding carboxylic acids is 2. The molecule has 28 heavy (non-hydrogen) atoms. The molecule has 0 aliphatic carbocycles. The smallest absolute Gasteiger partial charge is 0.270 e. The van der Waals surface area contributed by atoms with Crippen molar-refractivity contribution >= 4 is 17.5 Å². The summed E-state index contributed by atoms with van der Waals surface area (Å²) in [4.78, 5) is 42.9. The summed E-state index contributed by atoms with van der Waals surface area (Å²) in [5.74, 6) is -1.29. The first kappa shape index (κ1) is 19.2. The van der Waals surface area contributed by atoms with Crippen molar-refractivity contribution in [3.05, 3.63) is 82.2 Å². The molecule has 2 aromatic heterocycles. The van der Waals surface area contributed by atoms with Crippen molar-refractivity contribution in [1.29, 1.82) is 0 Å². The van der Waals surface area contributed by atoms with Crippen LogP contribution in [0, 0.1) is 5.82 Å². The lowest BCUT2D eigenvalue weighted by molar-refractivity contribution is -0.121. The first-order valence-electron chi connectivity index (χ1n) is 8.76. The first-order valence-corrected chi connectivity index (χ1v) is 8.76. The summed E-state index contributed by atoms with van der Waals surface area (Å²) < 4.78 is 14.2. The Kier molecular flexibility index (Phi) is 5.78. The highest BCUT2D eigenvalue weighted by Gasteiger charge is 2.21. The van der Waals surface area contributed by atoms with Gasteiger partial charge in [-0.15, -0.1) is 0 Å². The summed E-state index contributed by atoms with van der Waals surface area (Å²) in [5, 5.41) is 2.68. The van der Waals surface area contributed by atoms with Crippen LogP contribution < -0.4 is 10.9 Å². The topological polar surface area (TPSA) is 83.8 Å². The van der Waals surface area contributed by atoms with Crippen LogP contribution in [0.25, 0.3) is 5.65 Å². The maximum atomic E-state index is 12.9. The lowest BCUT2D eigenvalue weighted by Gasteiger charge is -2.20. The summed E-state index contributed by atoms with van der Waals surface area (Å²) >= 11 is 0. The molecule has 2 amide bonds. The number of rotatable bonds is 6. The average molecular weight is 382 g/mol. The third-order valence-corrected chi connectivity index (χ3v) is 4.25. The normalized spacial score (nSPS) is 10.6. The van der Waals surface area contributed by atoms with Crippen molar-refractivity contribution in [2.45, 2.75) is 13.5 Å². The quantitative estimate of drug-likeness (QED) is 0.702. The van der Waals surface area contributed by atoms with Gasteiger partial charge in [0.1, 0.15) is 17.0 Å². The van der Waals surface area contributed by atoms with Crippen LogP contribution in [0.3, 0.4) is 0 Å². The zero-order valence-corrected chi connectivity index (χ0v) is 15.3. The first-order chi connectivity index (χ1) is 13.5. The number of nitrogens with zero attached hydrogens (tertiary/aromatic N) is 3. The minimum absolute atomic E-state index is 0.100. The molecule has 0 spiro atoms. The predicted octanol–water partition coefficient (Wildman–Crippen LogP) is 1.61. The van der Waals surface area contributed by atoms with Crippen LogP contribution in [0.4, 0.5) is 4.39 Å². The van der Waals surface area contributed by atoms with E-state index >= 15 is 0 Å². The van der Waals surface area contributed by atoms with Gasteiger partial charge in [0.05, 0.1) is 6.54 Å². The molecule has 1 N–H and O–H groups in total. The SMILES string of the molecule is CCN(CC(=O)NCc1ccc(F)cc1)C(=O)c1cnc2ccccn2c1=O. The van der Waals surface area contributed by atoms with E-state index in [1.165, 1.54) is 33.8 Å². The van der Waals surface area contributed by atoms with E-state index in [0.717, 1.165) is 5.56 Å². The van der Waals surface area contributed by atoms with Crippen LogP contribution in [0.1, 0.15) is 22.8 Å². The van der Waals surface area contributed by atoms with Gasteiger partial charge in [0.2, 0.25) is 5.91 Å². The molecule has 3 aromatic rings. The zero-order valence-electron chi connectivity index (χ0n) is 15.3. The summed E-state index contributed by atoms with van der Waals surface area (Å²) in [6, 6.07) is 10.8. The summed E-state index contributed by atoms with van der Waals surface area (Å²) in [6.45, 7) is 1.98. The lowest BCUT2D eigenvalue weighted by Crippen LogP contribution is -2.42. The lowest BCUT2D eigenvalue weighted by atomic mass is 10.2. The highest BCUT2D eigenvalue weighted by atomic mass is 19.1. The number of amides is 2. The van der Waals surface area contributed by atoms with E-state index in [1.54, 1.807) is 37.3 Å². The Morgan fingerprint density at radius 3 is 2.64 bits per heavy atom. The second-order valence-electron chi connectivity index (χ2n) is 6.13. The van der Waals surface area contributed by atoms with Crippen molar-refractivity contribution in [3.63, 3.8) is 0 Å². The number of likely N-dealkylation sites (N-methyl/N-ethyl adjacent to an activating group) is 1.